The molecule has 1 aliphatic rings. The second-order valence-electron chi connectivity index (χ2n) is 6.03. The number of rotatable bonds is 4. The molecule has 3 rings (SSSR count). The van der Waals surface area contributed by atoms with E-state index in [1.165, 1.54) is 0 Å². The lowest BCUT2D eigenvalue weighted by molar-refractivity contribution is -0.129. The SMILES string of the molecule is C[C@H](c1ccccc1)N1C[C@@H](C(=O)Nc2ccc(Cl)cc2)CC1=O. The van der Waals surface area contributed by atoms with Gasteiger partial charge in [0.05, 0.1) is 12.0 Å². The van der Waals surface area contributed by atoms with Crippen LogP contribution in [0.15, 0.2) is 54.6 Å². The Bertz CT molecular complexity index is 731. The summed E-state index contributed by atoms with van der Waals surface area (Å²) in [7, 11) is 0. The van der Waals surface area contributed by atoms with E-state index in [0.29, 0.717) is 17.3 Å². The normalized spacial score (nSPS) is 18.5. The zero-order valence-electron chi connectivity index (χ0n) is 13.4. The van der Waals surface area contributed by atoms with Crippen molar-refractivity contribution >= 4 is 29.1 Å². The fourth-order valence-corrected chi connectivity index (χ4v) is 3.10. The number of halogens is 1. The van der Waals surface area contributed by atoms with Gasteiger partial charge in [-0.2, -0.15) is 0 Å². The highest BCUT2D eigenvalue weighted by Gasteiger charge is 2.36. The summed E-state index contributed by atoms with van der Waals surface area (Å²) in [6, 6.07) is 16.8. The third kappa shape index (κ3) is 3.60. The number of nitrogens with one attached hydrogen (secondary N) is 1. The minimum absolute atomic E-state index is 0.0163. The maximum absolute atomic E-state index is 12.4. The average molecular weight is 343 g/mol. The number of amides is 2. The molecule has 2 amide bonds. The fourth-order valence-electron chi connectivity index (χ4n) is 2.97. The molecule has 0 saturated carbocycles. The molecule has 0 aliphatic carbocycles. The molecule has 1 heterocycles. The van der Waals surface area contributed by atoms with Crippen molar-refractivity contribution in [1.29, 1.82) is 0 Å². The zero-order valence-corrected chi connectivity index (χ0v) is 14.2. The van der Waals surface area contributed by atoms with Gasteiger partial charge >= 0.3 is 0 Å². The summed E-state index contributed by atoms with van der Waals surface area (Å²) < 4.78 is 0. The van der Waals surface area contributed by atoms with Crippen LogP contribution in [0.2, 0.25) is 5.02 Å². The van der Waals surface area contributed by atoms with Crippen LogP contribution in [0.25, 0.3) is 0 Å². The molecule has 24 heavy (non-hydrogen) atoms. The van der Waals surface area contributed by atoms with Crippen LogP contribution in [-0.2, 0) is 9.59 Å². The number of hydrogen-bond acceptors (Lipinski definition) is 2. The first-order valence-electron chi connectivity index (χ1n) is 7.95. The third-order valence-electron chi connectivity index (χ3n) is 4.39. The molecule has 0 radical (unpaired) electrons. The van der Waals surface area contributed by atoms with Gasteiger partial charge in [-0.3, -0.25) is 9.59 Å². The van der Waals surface area contributed by atoms with Crippen LogP contribution in [0.4, 0.5) is 5.69 Å². The summed E-state index contributed by atoms with van der Waals surface area (Å²) in [5, 5.41) is 3.47. The molecule has 5 heteroatoms. The smallest absolute Gasteiger partial charge is 0.229 e. The lowest BCUT2D eigenvalue weighted by Gasteiger charge is -2.25. The summed E-state index contributed by atoms with van der Waals surface area (Å²) >= 11 is 5.84. The number of carbonyl (C=O) groups is 2. The Hall–Kier alpha value is -2.33. The van der Waals surface area contributed by atoms with Gasteiger partial charge in [-0.1, -0.05) is 41.9 Å². The van der Waals surface area contributed by atoms with E-state index >= 15 is 0 Å². The van der Waals surface area contributed by atoms with E-state index in [9.17, 15) is 9.59 Å². The van der Waals surface area contributed by atoms with Crippen molar-refractivity contribution in [2.75, 3.05) is 11.9 Å². The van der Waals surface area contributed by atoms with E-state index in [-0.39, 0.29) is 30.2 Å². The van der Waals surface area contributed by atoms with Crippen molar-refractivity contribution < 1.29 is 9.59 Å². The van der Waals surface area contributed by atoms with Crippen molar-refractivity contribution in [1.82, 2.24) is 4.90 Å². The van der Waals surface area contributed by atoms with Gasteiger partial charge in [-0.15, -0.1) is 0 Å². The van der Waals surface area contributed by atoms with Crippen LogP contribution >= 0.6 is 11.6 Å². The summed E-state index contributed by atoms with van der Waals surface area (Å²) in [6.07, 6.45) is 0.247. The molecular weight excluding hydrogens is 324 g/mol. The second kappa shape index (κ2) is 7.05. The zero-order chi connectivity index (χ0) is 17.1. The van der Waals surface area contributed by atoms with E-state index < -0.39 is 0 Å². The number of benzene rings is 2. The first-order valence-corrected chi connectivity index (χ1v) is 8.33. The molecule has 0 unspecified atom stereocenters. The quantitative estimate of drug-likeness (QED) is 0.916. The molecule has 2 atom stereocenters. The molecule has 1 fully saturated rings. The van der Waals surface area contributed by atoms with Gasteiger partial charge in [0.15, 0.2) is 0 Å². The Morgan fingerprint density at radius 1 is 1.17 bits per heavy atom. The molecule has 4 nitrogen and oxygen atoms in total. The van der Waals surface area contributed by atoms with Crippen LogP contribution in [0, 0.1) is 5.92 Å². The Labute approximate surface area is 146 Å². The monoisotopic (exact) mass is 342 g/mol. The van der Waals surface area contributed by atoms with E-state index in [2.05, 4.69) is 5.32 Å². The maximum Gasteiger partial charge on any atom is 0.229 e. The van der Waals surface area contributed by atoms with Crippen molar-refractivity contribution in [2.45, 2.75) is 19.4 Å². The molecule has 1 aliphatic heterocycles. The Morgan fingerprint density at radius 2 is 1.83 bits per heavy atom. The van der Waals surface area contributed by atoms with Crippen LogP contribution < -0.4 is 5.32 Å². The van der Waals surface area contributed by atoms with Crippen molar-refractivity contribution in [3.05, 3.63) is 65.2 Å². The van der Waals surface area contributed by atoms with Gasteiger partial charge in [0.1, 0.15) is 0 Å². The van der Waals surface area contributed by atoms with Gasteiger partial charge in [0, 0.05) is 23.7 Å². The van der Waals surface area contributed by atoms with Crippen molar-refractivity contribution in [2.24, 2.45) is 5.92 Å². The average Bonchev–Trinajstić information content (AvgIpc) is 2.99. The summed E-state index contributed by atoms with van der Waals surface area (Å²) in [6.45, 7) is 2.43. The molecule has 0 spiro atoms. The van der Waals surface area contributed by atoms with Gasteiger partial charge in [0.2, 0.25) is 11.8 Å². The molecule has 1 N–H and O–H groups in total. The topological polar surface area (TPSA) is 49.4 Å². The maximum atomic E-state index is 12.4. The molecule has 1 saturated heterocycles. The van der Waals surface area contributed by atoms with Gasteiger partial charge < -0.3 is 10.2 Å². The van der Waals surface area contributed by atoms with Crippen LogP contribution in [0.3, 0.4) is 0 Å². The van der Waals surface area contributed by atoms with Crippen LogP contribution in [-0.4, -0.2) is 23.3 Å². The number of carbonyl (C=O) groups excluding carboxylic acids is 2. The van der Waals surface area contributed by atoms with Gasteiger partial charge in [-0.25, -0.2) is 0 Å². The van der Waals surface area contributed by atoms with Crippen molar-refractivity contribution in [3.8, 4) is 0 Å². The standard InChI is InChI=1S/C19H19ClN2O2/c1-13(14-5-3-2-4-6-14)22-12-15(11-18(22)23)19(24)21-17-9-7-16(20)8-10-17/h2-10,13,15H,11-12H2,1H3,(H,21,24)/t13-,15+/m1/s1. The number of likely N-dealkylation sites (tertiary alicyclic amines) is 1. The fraction of sp³-hybridized carbons (Fsp3) is 0.263. The van der Waals surface area contributed by atoms with E-state index in [1.54, 1.807) is 29.2 Å². The predicted octanol–water partition coefficient (Wildman–Crippen LogP) is 3.89. The number of anilines is 1. The summed E-state index contributed by atoms with van der Waals surface area (Å²) in [5.41, 5.74) is 1.76. The molecule has 2 aromatic carbocycles. The largest absolute Gasteiger partial charge is 0.335 e. The van der Waals surface area contributed by atoms with Crippen LogP contribution in [0.5, 0.6) is 0 Å². The first-order chi connectivity index (χ1) is 11.5. The second-order valence-corrected chi connectivity index (χ2v) is 6.47. The first kappa shape index (κ1) is 16.5. The molecule has 2 aromatic rings. The molecule has 0 aromatic heterocycles. The number of nitrogens with zero attached hydrogens (tertiary/aromatic N) is 1. The van der Waals surface area contributed by atoms with Crippen molar-refractivity contribution in [3.63, 3.8) is 0 Å². The van der Waals surface area contributed by atoms with Gasteiger partial charge in [-0.05, 0) is 36.8 Å². The minimum atomic E-state index is -0.334. The minimum Gasteiger partial charge on any atom is -0.335 e. The number of hydrogen-bond donors (Lipinski definition) is 1. The third-order valence-corrected chi connectivity index (χ3v) is 4.64. The van der Waals surface area contributed by atoms with E-state index in [1.807, 2.05) is 37.3 Å². The van der Waals surface area contributed by atoms with E-state index in [0.717, 1.165) is 5.56 Å². The lowest BCUT2D eigenvalue weighted by Crippen LogP contribution is -2.30. The summed E-state index contributed by atoms with van der Waals surface area (Å²) in [5.74, 6) is -0.449. The highest BCUT2D eigenvalue weighted by Crippen LogP contribution is 2.29. The van der Waals surface area contributed by atoms with Gasteiger partial charge in [0.25, 0.3) is 0 Å². The highest BCUT2D eigenvalue weighted by atomic mass is 35.5. The van der Waals surface area contributed by atoms with E-state index in [4.69, 9.17) is 11.6 Å². The predicted molar refractivity (Wildman–Crippen MR) is 94.8 cm³/mol. The lowest BCUT2D eigenvalue weighted by atomic mass is 10.1. The molecular formula is C19H19ClN2O2. The molecule has 0 bridgehead atoms. The Kier molecular flexibility index (Phi) is 4.86. The highest BCUT2D eigenvalue weighted by molar-refractivity contribution is 6.30. The van der Waals surface area contributed by atoms with Crippen LogP contribution in [0.1, 0.15) is 24.9 Å². The summed E-state index contributed by atoms with van der Waals surface area (Å²) in [4.78, 5) is 26.5. The Morgan fingerprint density at radius 3 is 2.50 bits per heavy atom. The Balaban J connectivity index is 1.65. The molecule has 124 valence electrons.